The summed E-state index contributed by atoms with van der Waals surface area (Å²) in [5.41, 5.74) is 3.70. The molecule has 0 fully saturated rings. The zero-order chi connectivity index (χ0) is 20.5. The lowest BCUT2D eigenvalue weighted by Crippen LogP contribution is -2.32. The molecule has 1 aliphatic rings. The second-order valence-electron chi connectivity index (χ2n) is 7.21. The lowest BCUT2D eigenvalue weighted by atomic mass is 10.1. The van der Waals surface area contributed by atoms with E-state index in [2.05, 4.69) is 10.3 Å². The van der Waals surface area contributed by atoms with Gasteiger partial charge in [-0.25, -0.2) is 9.37 Å². The number of rotatable bonds is 4. The zero-order valence-electron chi connectivity index (χ0n) is 16.1. The van der Waals surface area contributed by atoms with Crippen molar-refractivity contribution >= 4 is 34.0 Å². The average molecular weight is 409 g/mol. The Morgan fingerprint density at radius 1 is 1.21 bits per heavy atom. The number of halogens is 1. The maximum atomic E-state index is 13.8. The van der Waals surface area contributed by atoms with Crippen LogP contribution < -0.4 is 10.2 Å². The summed E-state index contributed by atoms with van der Waals surface area (Å²) in [7, 11) is 0. The third kappa shape index (κ3) is 3.78. The van der Waals surface area contributed by atoms with Crippen molar-refractivity contribution < 1.29 is 14.0 Å². The number of hydrogen-bond acceptors (Lipinski definition) is 4. The van der Waals surface area contributed by atoms with E-state index in [1.807, 2.05) is 42.3 Å². The predicted octanol–water partition coefficient (Wildman–Crippen LogP) is 4.75. The molecule has 1 aromatic heterocycles. The van der Waals surface area contributed by atoms with Crippen LogP contribution in [0.3, 0.4) is 0 Å². The highest BCUT2D eigenvalue weighted by Gasteiger charge is 2.26. The van der Waals surface area contributed by atoms with Gasteiger partial charge in [-0.05, 0) is 36.2 Å². The number of nitrogens with zero attached hydrogens (tertiary/aromatic N) is 2. The molecule has 29 heavy (non-hydrogen) atoms. The van der Waals surface area contributed by atoms with Gasteiger partial charge in [-0.1, -0.05) is 32.0 Å². The van der Waals surface area contributed by atoms with Gasteiger partial charge in [0.15, 0.2) is 5.13 Å². The molecule has 0 saturated carbocycles. The van der Waals surface area contributed by atoms with Crippen molar-refractivity contribution in [3.05, 3.63) is 64.8 Å². The fraction of sp³-hybridized carbons (Fsp3) is 0.227. The number of carbonyl (C=O) groups excluding carboxylic acids is 2. The minimum atomic E-state index is -0.569. The van der Waals surface area contributed by atoms with Crippen molar-refractivity contribution in [2.24, 2.45) is 5.92 Å². The van der Waals surface area contributed by atoms with Crippen molar-refractivity contribution in [3.63, 3.8) is 0 Å². The van der Waals surface area contributed by atoms with Crippen LogP contribution in [-0.2, 0) is 11.2 Å². The molecule has 0 spiro atoms. The number of carbonyl (C=O) groups is 2. The summed E-state index contributed by atoms with van der Waals surface area (Å²) in [6.07, 6.45) is 0.808. The van der Waals surface area contributed by atoms with E-state index >= 15 is 0 Å². The normalized spacial score (nSPS) is 12.9. The molecule has 0 aliphatic carbocycles. The summed E-state index contributed by atoms with van der Waals surface area (Å²) in [5, 5.41) is 4.91. The van der Waals surface area contributed by atoms with Crippen LogP contribution in [0.4, 0.5) is 15.2 Å². The second-order valence-corrected chi connectivity index (χ2v) is 8.07. The van der Waals surface area contributed by atoms with Gasteiger partial charge < -0.3 is 4.90 Å². The molecule has 2 amide bonds. The first-order valence-corrected chi connectivity index (χ1v) is 10.3. The van der Waals surface area contributed by atoms with Crippen LogP contribution in [0.1, 0.15) is 29.8 Å². The molecule has 5 nitrogen and oxygen atoms in total. The van der Waals surface area contributed by atoms with E-state index in [0.29, 0.717) is 11.7 Å². The van der Waals surface area contributed by atoms with Gasteiger partial charge in [-0.15, -0.1) is 11.3 Å². The first-order valence-electron chi connectivity index (χ1n) is 9.40. The smallest absolute Gasteiger partial charge is 0.260 e. The van der Waals surface area contributed by atoms with Gasteiger partial charge >= 0.3 is 0 Å². The molecule has 148 valence electrons. The Morgan fingerprint density at radius 2 is 2.00 bits per heavy atom. The molecular weight excluding hydrogens is 389 g/mol. The summed E-state index contributed by atoms with van der Waals surface area (Å²) in [4.78, 5) is 30.9. The first kappa shape index (κ1) is 19.3. The standard InChI is InChI=1S/C22H20FN3O2S/c1-13(2)21(28)26-10-9-15-11-14(7-8-19(15)26)18-12-29-22(24-18)25-20(27)16-5-3-4-6-17(16)23/h3-8,11-13H,9-10H2,1-2H3,(H,24,25,27). The third-order valence-electron chi connectivity index (χ3n) is 4.87. The van der Waals surface area contributed by atoms with Gasteiger partial charge in [-0.2, -0.15) is 0 Å². The van der Waals surface area contributed by atoms with Gasteiger partial charge in [0, 0.05) is 29.1 Å². The highest BCUT2D eigenvalue weighted by molar-refractivity contribution is 7.14. The van der Waals surface area contributed by atoms with E-state index in [9.17, 15) is 14.0 Å². The number of anilines is 2. The molecule has 3 aromatic rings. The summed E-state index contributed by atoms with van der Waals surface area (Å²) >= 11 is 1.29. The number of amides is 2. The fourth-order valence-corrected chi connectivity index (χ4v) is 4.09. The van der Waals surface area contributed by atoms with E-state index in [0.717, 1.165) is 28.9 Å². The molecule has 1 N–H and O–H groups in total. The average Bonchev–Trinajstić information content (AvgIpc) is 3.34. The van der Waals surface area contributed by atoms with E-state index < -0.39 is 11.7 Å². The van der Waals surface area contributed by atoms with Crippen LogP contribution in [0, 0.1) is 11.7 Å². The van der Waals surface area contributed by atoms with Gasteiger partial charge in [0.05, 0.1) is 11.3 Å². The Balaban J connectivity index is 1.53. The molecule has 0 saturated heterocycles. The molecule has 2 aromatic carbocycles. The number of benzene rings is 2. The van der Waals surface area contributed by atoms with E-state index in [1.165, 1.54) is 29.5 Å². The minimum absolute atomic E-state index is 0.0170. The second kappa shape index (κ2) is 7.75. The van der Waals surface area contributed by atoms with Crippen molar-refractivity contribution in [1.82, 2.24) is 4.98 Å². The van der Waals surface area contributed by atoms with Crippen molar-refractivity contribution in [3.8, 4) is 11.3 Å². The van der Waals surface area contributed by atoms with Crippen molar-refractivity contribution in [2.45, 2.75) is 20.3 Å². The Morgan fingerprint density at radius 3 is 2.76 bits per heavy atom. The highest BCUT2D eigenvalue weighted by atomic mass is 32.1. The number of hydrogen-bond donors (Lipinski definition) is 1. The Hall–Kier alpha value is -3.06. The van der Waals surface area contributed by atoms with E-state index in [1.54, 1.807) is 6.07 Å². The monoisotopic (exact) mass is 409 g/mol. The number of thiazole rings is 1. The molecule has 0 bridgehead atoms. The summed E-state index contributed by atoms with van der Waals surface area (Å²) in [6.45, 7) is 4.50. The Labute approximate surface area is 172 Å². The summed E-state index contributed by atoms with van der Waals surface area (Å²) in [6, 6.07) is 11.8. The lowest BCUT2D eigenvalue weighted by molar-refractivity contribution is -0.121. The lowest BCUT2D eigenvalue weighted by Gasteiger charge is -2.19. The van der Waals surface area contributed by atoms with Gasteiger partial charge in [0.1, 0.15) is 5.82 Å². The van der Waals surface area contributed by atoms with Crippen LogP contribution in [0.5, 0.6) is 0 Å². The molecule has 0 unspecified atom stereocenters. The Bertz CT molecular complexity index is 1090. The number of fused-ring (bicyclic) bond motifs is 1. The van der Waals surface area contributed by atoms with Gasteiger partial charge in [0.2, 0.25) is 5.91 Å². The number of nitrogens with one attached hydrogen (secondary N) is 1. The molecule has 4 rings (SSSR count). The molecule has 1 aliphatic heterocycles. The summed E-state index contributed by atoms with van der Waals surface area (Å²) in [5.74, 6) is -1.01. The van der Waals surface area contributed by atoms with Crippen LogP contribution in [0.2, 0.25) is 0 Å². The van der Waals surface area contributed by atoms with E-state index in [4.69, 9.17) is 0 Å². The van der Waals surface area contributed by atoms with Crippen LogP contribution in [0.15, 0.2) is 47.8 Å². The highest BCUT2D eigenvalue weighted by Crippen LogP contribution is 2.34. The van der Waals surface area contributed by atoms with Crippen LogP contribution in [-0.4, -0.2) is 23.3 Å². The van der Waals surface area contributed by atoms with Gasteiger partial charge in [0.25, 0.3) is 5.91 Å². The first-order chi connectivity index (χ1) is 13.9. The molecule has 2 heterocycles. The SMILES string of the molecule is CC(C)C(=O)N1CCc2cc(-c3csc(NC(=O)c4ccccc4F)n3)ccc21. The predicted molar refractivity (Wildman–Crippen MR) is 113 cm³/mol. The molecule has 0 radical (unpaired) electrons. The summed E-state index contributed by atoms with van der Waals surface area (Å²) < 4.78 is 13.8. The molecule has 0 atom stereocenters. The minimum Gasteiger partial charge on any atom is -0.312 e. The van der Waals surface area contributed by atoms with Crippen molar-refractivity contribution in [1.29, 1.82) is 0 Å². The zero-order valence-corrected chi connectivity index (χ0v) is 16.9. The van der Waals surface area contributed by atoms with Crippen molar-refractivity contribution in [2.75, 3.05) is 16.8 Å². The topological polar surface area (TPSA) is 62.3 Å². The third-order valence-corrected chi connectivity index (χ3v) is 5.63. The Kier molecular flexibility index (Phi) is 5.15. The van der Waals surface area contributed by atoms with Crippen LogP contribution >= 0.6 is 11.3 Å². The fourth-order valence-electron chi connectivity index (χ4n) is 3.38. The van der Waals surface area contributed by atoms with E-state index in [-0.39, 0.29) is 17.4 Å². The molecule has 7 heteroatoms. The maximum Gasteiger partial charge on any atom is 0.260 e. The van der Waals surface area contributed by atoms with Crippen LogP contribution in [0.25, 0.3) is 11.3 Å². The quantitative estimate of drug-likeness (QED) is 0.677. The van der Waals surface area contributed by atoms with Gasteiger partial charge in [-0.3, -0.25) is 14.9 Å². The largest absolute Gasteiger partial charge is 0.312 e. The molecular formula is C22H20FN3O2S. The maximum absolute atomic E-state index is 13.8. The number of aromatic nitrogens is 1.